The van der Waals surface area contributed by atoms with E-state index in [1.54, 1.807) is 0 Å². The Balaban J connectivity index is 2.23. The molecule has 0 saturated carbocycles. The molecule has 0 N–H and O–H groups in total. The monoisotopic (exact) mass is 363 g/mol. The summed E-state index contributed by atoms with van der Waals surface area (Å²) >= 11 is 0. The predicted molar refractivity (Wildman–Crippen MR) is 114 cm³/mol. The van der Waals surface area contributed by atoms with Crippen molar-refractivity contribution in [3.8, 4) is 11.3 Å². The van der Waals surface area contributed by atoms with E-state index >= 15 is 4.39 Å². The molecule has 0 aliphatic carbocycles. The number of aryl methyl sites for hydroxylation is 2. The van der Waals surface area contributed by atoms with Gasteiger partial charge in [-0.25, -0.2) is 9.37 Å². The van der Waals surface area contributed by atoms with Gasteiger partial charge < -0.3 is 0 Å². The summed E-state index contributed by atoms with van der Waals surface area (Å²) in [4.78, 5) is 4.96. The lowest BCUT2D eigenvalue weighted by atomic mass is 9.92. The second kappa shape index (κ2) is 7.80. The van der Waals surface area contributed by atoms with Crippen molar-refractivity contribution in [1.82, 2.24) is 4.98 Å². The van der Waals surface area contributed by atoms with Crippen molar-refractivity contribution >= 4 is 10.9 Å². The summed E-state index contributed by atoms with van der Waals surface area (Å²) in [6, 6.07) is 12.5. The van der Waals surface area contributed by atoms with Crippen LogP contribution in [-0.2, 0) is 12.8 Å². The maximum Gasteiger partial charge on any atom is 0.130 e. The van der Waals surface area contributed by atoms with E-state index in [1.165, 1.54) is 11.1 Å². The van der Waals surface area contributed by atoms with Crippen LogP contribution in [0, 0.1) is 31.5 Å². The van der Waals surface area contributed by atoms with E-state index in [1.807, 2.05) is 12.1 Å². The van der Waals surface area contributed by atoms with Gasteiger partial charge in [-0.2, -0.15) is 0 Å². The van der Waals surface area contributed by atoms with Gasteiger partial charge in [-0.15, -0.1) is 0 Å². The number of nitrogens with zero attached hydrogens (tertiary/aromatic N) is 1. The Morgan fingerprint density at radius 1 is 0.889 bits per heavy atom. The molecule has 0 radical (unpaired) electrons. The predicted octanol–water partition coefficient (Wildman–Crippen LogP) is 7.05. The van der Waals surface area contributed by atoms with Crippen LogP contribution in [0.3, 0.4) is 0 Å². The lowest BCUT2D eigenvalue weighted by molar-refractivity contribution is 0.548. The summed E-state index contributed by atoms with van der Waals surface area (Å²) in [6.45, 7) is 12.7. The third-order valence-electron chi connectivity index (χ3n) is 5.02. The van der Waals surface area contributed by atoms with Crippen LogP contribution in [0.1, 0.15) is 49.9 Å². The van der Waals surface area contributed by atoms with E-state index < -0.39 is 0 Å². The van der Waals surface area contributed by atoms with Crippen molar-refractivity contribution in [2.75, 3.05) is 0 Å². The highest BCUT2D eigenvalue weighted by Gasteiger charge is 2.17. The van der Waals surface area contributed by atoms with Crippen molar-refractivity contribution in [3.63, 3.8) is 0 Å². The molecule has 1 heterocycles. The van der Waals surface area contributed by atoms with Gasteiger partial charge in [0, 0.05) is 10.9 Å². The third-order valence-corrected chi connectivity index (χ3v) is 5.02. The zero-order valence-corrected chi connectivity index (χ0v) is 17.4. The molecule has 0 aliphatic rings. The van der Waals surface area contributed by atoms with Crippen LogP contribution in [0.5, 0.6) is 0 Å². The fourth-order valence-electron chi connectivity index (χ4n) is 3.74. The van der Waals surface area contributed by atoms with Crippen LogP contribution in [0.25, 0.3) is 22.2 Å². The number of hydrogen-bond donors (Lipinski definition) is 0. The molecule has 1 aromatic heterocycles. The van der Waals surface area contributed by atoms with Crippen LogP contribution in [0.15, 0.2) is 36.4 Å². The van der Waals surface area contributed by atoms with Crippen molar-refractivity contribution in [3.05, 3.63) is 64.5 Å². The molecule has 27 heavy (non-hydrogen) atoms. The smallest absolute Gasteiger partial charge is 0.130 e. The van der Waals surface area contributed by atoms with Crippen molar-refractivity contribution in [2.24, 2.45) is 11.8 Å². The number of halogens is 1. The highest BCUT2D eigenvalue weighted by atomic mass is 19.1. The molecule has 2 aromatic carbocycles. The van der Waals surface area contributed by atoms with Gasteiger partial charge in [0.05, 0.1) is 11.2 Å². The first kappa shape index (κ1) is 19.5. The number of benzene rings is 2. The van der Waals surface area contributed by atoms with Gasteiger partial charge in [0.1, 0.15) is 5.82 Å². The number of aromatic nitrogens is 1. The first-order valence-electron chi connectivity index (χ1n) is 9.95. The lowest BCUT2D eigenvalue weighted by Crippen LogP contribution is -2.06. The van der Waals surface area contributed by atoms with Crippen molar-refractivity contribution in [1.29, 1.82) is 0 Å². The Kier molecular flexibility index (Phi) is 5.64. The molecule has 0 spiro atoms. The molecule has 3 aromatic rings. The standard InChI is InChI=1S/C25H30FN/c1-15(2)11-19-14-24-20(22(25(19)26)12-16(3)4)9-10-23(27-24)21-13-17(5)7-8-18(21)6/h7-10,13-16H,11-12H2,1-6H3. The zero-order valence-electron chi connectivity index (χ0n) is 17.4. The van der Waals surface area contributed by atoms with E-state index in [4.69, 9.17) is 4.98 Å². The average molecular weight is 364 g/mol. The maximum absolute atomic E-state index is 15.2. The Morgan fingerprint density at radius 2 is 1.59 bits per heavy atom. The maximum atomic E-state index is 15.2. The van der Waals surface area contributed by atoms with Gasteiger partial charge in [-0.3, -0.25) is 0 Å². The molecule has 0 saturated heterocycles. The molecule has 1 nitrogen and oxygen atoms in total. The molecule has 0 fully saturated rings. The summed E-state index contributed by atoms with van der Waals surface area (Å²) in [5.74, 6) is 0.771. The lowest BCUT2D eigenvalue weighted by Gasteiger charge is -2.16. The van der Waals surface area contributed by atoms with E-state index in [2.05, 4.69) is 65.8 Å². The number of hydrogen-bond acceptors (Lipinski definition) is 1. The molecule has 0 amide bonds. The first-order chi connectivity index (χ1) is 12.8. The number of pyridine rings is 1. The summed E-state index contributed by atoms with van der Waals surface area (Å²) in [5, 5.41) is 0.947. The minimum Gasteiger partial charge on any atom is -0.248 e. The summed E-state index contributed by atoms with van der Waals surface area (Å²) in [7, 11) is 0. The third kappa shape index (κ3) is 4.21. The summed E-state index contributed by atoms with van der Waals surface area (Å²) in [6.07, 6.45) is 1.47. The molecular formula is C25H30FN. The Labute approximate surface area is 162 Å². The summed E-state index contributed by atoms with van der Waals surface area (Å²) in [5.41, 5.74) is 7.05. The minimum absolute atomic E-state index is 0.0359. The van der Waals surface area contributed by atoms with Crippen LogP contribution >= 0.6 is 0 Å². The van der Waals surface area contributed by atoms with Gasteiger partial charge in [-0.05, 0) is 73.4 Å². The highest BCUT2D eigenvalue weighted by molar-refractivity contribution is 5.86. The molecule has 3 rings (SSSR count). The fraction of sp³-hybridized carbons (Fsp3) is 0.400. The minimum atomic E-state index is -0.0359. The second-order valence-corrected chi connectivity index (χ2v) is 8.61. The van der Waals surface area contributed by atoms with E-state index in [-0.39, 0.29) is 5.82 Å². The first-order valence-corrected chi connectivity index (χ1v) is 9.95. The van der Waals surface area contributed by atoms with Gasteiger partial charge in [-0.1, -0.05) is 51.5 Å². The molecule has 2 heteroatoms. The fourth-order valence-corrected chi connectivity index (χ4v) is 3.74. The SMILES string of the molecule is Cc1ccc(C)c(-c2ccc3c(CC(C)C)c(F)c(CC(C)C)cc3n2)c1. The van der Waals surface area contributed by atoms with Crippen LogP contribution in [0.2, 0.25) is 0 Å². The van der Waals surface area contributed by atoms with Gasteiger partial charge in [0.2, 0.25) is 0 Å². The largest absolute Gasteiger partial charge is 0.248 e. The topological polar surface area (TPSA) is 12.9 Å². The second-order valence-electron chi connectivity index (χ2n) is 8.61. The molecule has 142 valence electrons. The molecule has 0 aliphatic heterocycles. The average Bonchev–Trinajstić information content (AvgIpc) is 2.59. The quantitative estimate of drug-likeness (QED) is 0.473. The Morgan fingerprint density at radius 3 is 2.26 bits per heavy atom. The van der Waals surface area contributed by atoms with E-state index in [0.717, 1.165) is 46.1 Å². The number of rotatable bonds is 5. The number of fused-ring (bicyclic) bond motifs is 1. The zero-order chi connectivity index (χ0) is 19.7. The van der Waals surface area contributed by atoms with Gasteiger partial charge in [0.25, 0.3) is 0 Å². The Hall–Kier alpha value is -2.22. The van der Waals surface area contributed by atoms with Crippen LogP contribution in [-0.4, -0.2) is 4.98 Å². The molecular weight excluding hydrogens is 333 g/mol. The normalized spacial score (nSPS) is 11.7. The van der Waals surface area contributed by atoms with Gasteiger partial charge >= 0.3 is 0 Å². The Bertz CT molecular complexity index is 970. The van der Waals surface area contributed by atoms with Crippen LogP contribution < -0.4 is 0 Å². The molecule has 0 atom stereocenters. The van der Waals surface area contributed by atoms with Crippen molar-refractivity contribution in [2.45, 2.75) is 54.4 Å². The van der Waals surface area contributed by atoms with Crippen molar-refractivity contribution < 1.29 is 4.39 Å². The van der Waals surface area contributed by atoms with Gasteiger partial charge in [0.15, 0.2) is 0 Å². The highest BCUT2D eigenvalue weighted by Crippen LogP contribution is 2.31. The van der Waals surface area contributed by atoms with E-state index in [0.29, 0.717) is 11.8 Å². The van der Waals surface area contributed by atoms with E-state index in [9.17, 15) is 0 Å². The van der Waals surface area contributed by atoms with Crippen LogP contribution in [0.4, 0.5) is 4.39 Å². The molecule has 0 bridgehead atoms. The summed E-state index contributed by atoms with van der Waals surface area (Å²) < 4.78 is 15.2. The molecule has 0 unspecified atom stereocenters.